The maximum Gasteiger partial charge on any atom is 0.238 e. The molecule has 0 fully saturated rings. The highest BCUT2D eigenvalue weighted by molar-refractivity contribution is 6.30. The summed E-state index contributed by atoms with van der Waals surface area (Å²) in [6.45, 7) is 2.50. The SMILES string of the molecule is COCC(C)(CCO)NCC(=O)Nc1ccc(Cl)cc1. The molecule has 0 aliphatic rings. The number of carbonyl (C=O) groups excluding carboxylic acids is 1. The summed E-state index contributed by atoms with van der Waals surface area (Å²) >= 11 is 5.78. The van der Waals surface area contributed by atoms with Gasteiger partial charge in [0, 0.05) is 30.0 Å². The Morgan fingerprint density at radius 2 is 2.05 bits per heavy atom. The fourth-order valence-electron chi connectivity index (χ4n) is 1.81. The molecule has 0 aromatic heterocycles. The first-order valence-corrected chi connectivity index (χ1v) is 6.77. The summed E-state index contributed by atoms with van der Waals surface area (Å²) in [4.78, 5) is 11.8. The van der Waals surface area contributed by atoms with Crippen LogP contribution >= 0.6 is 11.6 Å². The van der Waals surface area contributed by atoms with Gasteiger partial charge < -0.3 is 20.5 Å². The first-order valence-electron chi connectivity index (χ1n) is 6.39. The van der Waals surface area contributed by atoms with Crippen molar-refractivity contribution in [1.29, 1.82) is 0 Å². The number of methoxy groups -OCH3 is 1. The molecule has 0 heterocycles. The van der Waals surface area contributed by atoms with E-state index in [4.69, 9.17) is 21.4 Å². The fourth-order valence-corrected chi connectivity index (χ4v) is 1.93. The Bertz CT molecular complexity index is 417. The second kappa shape index (κ2) is 8.21. The van der Waals surface area contributed by atoms with Gasteiger partial charge in [-0.3, -0.25) is 4.79 Å². The molecule has 0 aliphatic heterocycles. The highest BCUT2D eigenvalue weighted by Gasteiger charge is 2.23. The Morgan fingerprint density at radius 3 is 2.60 bits per heavy atom. The molecule has 112 valence electrons. The van der Waals surface area contributed by atoms with Crippen molar-refractivity contribution in [1.82, 2.24) is 5.32 Å². The van der Waals surface area contributed by atoms with Crippen LogP contribution in [0.3, 0.4) is 0 Å². The Balaban J connectivity index is 2.47. The summed E-state index contributed by atoms with van der Waals surface area (Å²) in [6, 6.07) is 6.90. The maximum atomic E-state index is 11.8. The summed E-state index contributed by atoms with van der Waals surface area (Å²) in [6.07, 6.45) is 0.509. The standard InChI is InChI=1S/C14H21ClN2O3/c1-14(7-8-18,10-20-2)16-9-13(19)17-12-5-3-11(15)4-6-12/h3-6,16,18H,7-10H2,1-2H3,(H,17,19). The van der Waals surface area contributed by atoms with Gasteiger partial charge in [-0.2, -0.15) is 0 Å². The van der Waals surface area contributed by atoms with Crippen LogP contribution in [0.2, 0.25) is 5.02 Å². The van der Waals surface area contributed by atoms with Crippen molar-refractivity contribution in [3.63, 3.8) is 0 Å². The van der Waals surface area contributed by atoms with Crippen LogP contribution in [0.25, 0.3) is 0 Å². The summed E-state index contributed by atoms with van der Waals surface area (Å²) in [5.74, 6) is -0.160. The smallest absolute Gasteiger partial charge is 0.238 e. The van der Waals surface area contributed by atoms with Crippen LogP contribution < -0.4 is 10.6 Å². The van der Waals surface area contributed by atoms with Gasteiger partial charge in [-0.1, -0.05) is 11.6 Å². The largest absolute Gasteiger partial charge is 0.396 e. The molecule has 0 bridgehead atoms. The van der Waals surface area contributed by atoms with E-state index in [1.54, 1.807) is 31.4 Å². The average molecular weight is 301 g/mol. The molecular formula is C14H21ClN2O3. The number of anilines is 1. The third kappa shape index (κ3) is 5.88. The minimum atomic E-state index is -0.430. The number of aliphatic hydroxyl groups excluding tert-OH is 1. The topological polar surface area (TPSA) is 70.6 Å². The van der Waals surface area contributed by atoms with Crippen LogP contribution in [-0.4, -0.2) is 43.4 Å². The lowest BCUT2D eigenvalue weighted by Gasteiger charge is -2.29. The van der Waals surface area contributed by atoms with E-state index >= 15 is 0 Å². The van der Waals surface area contributed by atoms with Gasteiger partial charge in [-0.05, 0) is 37.6 Å². The van der Waals surface area contributed by atoms with Gasteiger partial charge >= 0.3 is 0 Å². The van der Waals surface area contributed by atoms with Crippen molar-refractivity contribution >= 4 is 23.2 Å². The number of benzene rings is 1. The predicted molar refractivity (Wildman–Crippen MR) is 80.1 cm³/mol. The molecule has 1 atom stereocenters. The van der Waals surface area contributed by atoms with E-state index in [-0.39, 0.29) is 19.1 Å². The lowest BCUT2D eigenvalue weighted by molar-refractivity contribution is -0.115. The maximum absolute atomic E-state index is 11.8. The molecule has 1 aromatic rings. The lowest BCUT2D eigenvalue weighted by Crippen LogP contribution is -2.49. The van der Waals surface area contributed by atoms with E-state index in [1.165, 1.54) is 0 Å². The molecule has 6 heteroatoms. The van der Waals surface area contributed by atoms with Crippen molar-refractivity contribution in [2.24, 2.45) is 0 Å². The van der Waals surface area contributed by atoms with Crippen LogP contribution in [0.15, 0.2) is 24.3 Å². The molecular weight excluding hydrogens is 280 g/mol. The number of carbonyl (C=O) groups is 1. The van der Waals surface area contributed by atoms with Crippen molar-refractivity contribution in [3.05, 3.63) is 29.3 Å². The van der Waals surface area contributed by atoms with E-state index in [2.05, 4.69) is 10.6 Å². The quantitative estimate of drug-likeness (QED) is 0.683. The zero-order valence-corrected chi connectivity index (χ0v) is 12.5. The summed E-state index contributed by atoms with van der Waals surface area (Å²) in [5, 5.41) is 15.5. The van der Waals surface area contributed by atoms with E-state index in [0.717, 1.165) is 0 Å². The first kappa shape index (κ1) is 16.9. The van der Waals surface area contributed by atoms with E-state index in [0.29, 0.717) is 23.7 Å². The number of aliphatic hydroxyl groups is 1. The molecule has 3 N–H and O–H groups in total. The predicted octanol–water partition coefficient (Wildman–Crippen LogP) is 1.66. The molecule has 5 nitrogen and oxygen atoms in total. The van der Waals surface area contributed by atoms with Gasteiger partial charge in [0.15, 0.2) is 0 Å². The molecule has 0 radical (unpaired) electrons. The summed E-state index contributed by atoms with van der Waals surface area (Å²) in [7, 11) is 1.59. The van der Waals surface area contributed by atoms with Gasteiger partial charge in [0.2, 0.25) is 5.91 Å². The number of hydrogen-bond acceptors (Lipinski definition) is 4. The molecule has 0 spiro atoms. The number of halogens is 1. The second-order valence-electron chi connectivity index (χ2n) is 4.88. The number of rotatable bonds is 8. The molecule has 0 saturated carbocycles. The lowest BCUT2D eigenvalue weighted by atomic mass is 9.99. The Labute approximate surface area is 124 Å². The summed E-state index contributed by atoms with van der Waals surface area (Å²) in [5.41, 5.74) is 0.262. The molecule has 1 amide bonds. The van der Waals surface area contributed by atoms with E-state index in [1.807, 2.05) is 6.92 Å². The van der Waals surface area contributed by atoms with Gasteiger partial charge in [0.1, 0.15) is 0 Å². The zero-order valence-electron chi connectivity index (χ0n) is 11.8. The van der Waals surface area contributed by atoms with Gasteiger partial charge in [0.25, 0.3) is 0 Å². The number of hydrogen-bond donors (Lipinski definition) is 3. The van der Waals surface area contributed by atoms with E-state index in [9.17, 15) is 4.79 Å². The third-order valence-corrected chi connectivity index (χ3v) is 3.18. The van der Waals surface area contributed by atoms with Gasteiger partial charge in [0.05, 0.1) is 13.2 Å². The van der Waals surface area contributed by atoms with Crippen molar-refractivity contribution < 1.29 is 14.6 Å². The van der Waals surface area contributed by atoms with Crippen molar-refractivity contribution in [2.45, 2.75) is 18.9 Å². The van der Waals surface area contributed by atoms with Gasteiger partial charge in [-0.15, -0.1) is 0 Å². The zero-order chi connectivity index (χ0) is 15.0. The van der Waals surface area contributed by atoms with Crippen molar-refractivity contribution in [2.75, 3.05) is 32.2 Å². The van der Waals surface area contributed by atoms with Gasteiger partial charge in [-0.25, -0.2) is 0 Å². The monoisotopic (exact) mass is 300 g/mol. The molecule has 20 heavy (non-hydrogen) atoms. The molecule has 0 saturated heterocycles. The molecule has 1 aromatic carbocycles. The highest BCUT2D eigenvalue weighted by Crippen LogP contribution is 2.13. The Morgan fingerprint density at radius 1 is 1.40 bits per heavy atom. The second-order valence-corrected chi connectivity index (χ2v) is 5.31. The fraction of sp³-hybridized carbons (Fsp3) is 0.500. The number of nitrogens with one attached hydrogen (secondary N) is 2. The molecule has 1 unspecified atom stereocenters. The number of ether oxygens (including phenoxy) is 1. The van der Waals surface area contributed by atoms with Crippen molar-refractivity contribution in [3.8, 4) is 0 Å². The normalized spacial score (nSPS) is 13.8. The average Bonchev–Trinajstić information content (AvgIpc) is 2.40. The molecule has 1 rings (SSSR count). The van der Waals surface area contributed by atoms with Crippen LogP contribution in [-0.2, 0) is 9.53 Å². The third-order valence-electron chi connectivity index (χ3n) is 2.93. The minimum absolute atomic E-state index is 0.0334. The summed E-state index contributed by atoms with van der Waals surface area (Å²) < 4.78 is 5.10. The number of amides is 1. The first-order chi connectivity index (χ1) is 9.49. The van der Waals surface area contributed by atoms with E-state index < -0.39 is 5.54 Å². The van der Waals surface area contributed by atoms with Crippen LogP contribution in [0, 0.1) is 0 Å². The Hall–Kier alpha value is -1.14. The highest BCUT2D eigenvalue weighted by atomic mass is 35.5. The Kier molecular flexibility index (Phi) is 6.95. The van der Waals surface area contributed by atoms with Crippen LogP contribution in [0.4, 0.5) is 5.69 Å². The minimum Gasteiger partial charge on any atom is -0.396 e. The molecule has 0 aliphatic carbocycles. The van der Waals surface area contributed by atoms with Crippen LogP contribution in [0.5, 0.6) is 0 Å². The van der Waals surface area contributed by atoms with Crippen LogP contribution in [0.1, 0.15) is 13.3 Å².